The van der Waals surface area contributed by atoms with Crippen LogP contribution in [0.15, 0.2) is 34.6 Å². The minimum Gasteiger partial charge on any atom is -0.373 e. The van der Waals surface area contributed by atoms with E-state index in [0.717, 1.165) is 18.9 Å². The maximum atomic E-state index is 5.89. The summed E-state index contributed by atoms with van der Waals surface area (Å²) in [5, 5.41) is 10.5. The quantitative estimate of drug-likeness (QED) is 0.434. The van der Waals surface area contributed by atoms with Crippen molar-refractivity contribution in [2.75, 3.05) is 7.05 Å². The summed E-state index contributed by atoms with van der Waals surface area (Å²) < 4.78 is 7.23. The summed E-state index contributed by atoms with van der Waals surface area (Å²) in [6, 6.07) is 8.94. The van der Waals surface area contributed by atoms with Crippen molar-refractivity contribution in [3.05, 3.63) is 35.2 Å². The second-order valence-electron chi connectivity index (χ2n) is 6.04. The molecule has 23 heavy (non-hydrogen) atoms. The Morgan fingerprint density at radius 1 is 1.35 bits per heavy atom. The van der Waals surface area contributed by atoms with Gasteiger partial charge in [-0.2, -0.15) is 0 Å². The topological polar surface area (TPSA) is 45.7 Å². The molecule has 0 spiro atoms. The maximum absolute atomic E-state index is 5.89. The molecule has 0 amide bonds. The Morgan fingerprint density at radius 3 is 2.96 bits per heavy atom. The van der Waals surface area contributed by atoms with Crippen LogP contribution in [0.2, 0.25) is 0 Å². The van der Waals surface area contributed by atoms with Crippen LogP contribution in [0.3, 0.4) is 0 Å². The summed E-state index contributed by atoms with van der Waals surface area (Å²) >= 11 is 1.80. The number of aliphatic imine (C=N–C) groups is 1. The minimum absolute atomic E-state index is 0. The Kier molecular flexibility index (Phi) is 5.43. The summed E-state index contributed by atoms with van der Waals surface area (Å²) in [5.74, 6) is 0.872. The van der Waals surface area contributed by atoms with E-state index in [1.807, 2.05) is 7.05 Å². The number of halogens is 1. The second-order valence-corrected chi connectivity index (χ2v) is 6.95. The molecule has 2 fully saturated rings. The molecule has 3 heterocycles. The number of fused-ring (bicyclic) bond motifs is 3. The molecule has 0 saturated carbocycles. The molecule has 2 bridgehead atoms. The lowest BCUT2D eigenvalue weighted by Crippen LogP contribution is -2.47. The monoisotopic (exact) mass is 443 g/mol. The van der Waals surface area contributed by atoms with Crippen LogP contribution in [-0.2, 0) is 11.3 Å². The first-order valence-electron chi connectivity index (χ1n) is 7.91. The van der Waals surface area contributed by atoms with Gasteiger partial charge in [-0.15, -0.1) is 35.3 Å². The zero-order chi connectivity index (χ0) is 14.9. The molecule has 1 aromatic heterocycles. The van der Waals surface area contributed by atoms with Crippen molar-refractivity contribution in [2.24, 2.45) is 4.99 Å². The summed E-state index contributed by atoms with van der Waals surface area (Å²) in [7, 11) is 1.83. The van der Waals surface area contributed by atoms with Crippen LogP contribution in [0.25, 0.3) is 10.1 Å². The van der Waals surface area contributed by atoms with Crippen molar-refractivity contribution in [3.63, 3.8) is 0 Å². The van der Waals surface area contributed by atoms with Gasteiger partial charge in [0.1, 0.15) is 0 Å². The first-order valence-corrected chi connectivity index (χ1v) is 8.79. The van der Waals surface area contributed by atoms with Crippen molar-refractivity contribution >= 4 is 51.4 Å². The van der Waals surface area contributed by atoms with E-state index in [2.05, 4.69) is 45.3 Å². The molecule has 4 nitrogen and oxygen atoms in total. The summed E-state index contributed by atoms with van der Waals surface area (Å²) in [6.45, 7) is 0.797. The molecule has 2 N–H and O–H groups in total. The molecule has 124 valence electrons. The molecule has 0 aliphatic carbocycles. The van der Waals surface area contributed by atoms with Gasteiger partial charge in [-0.3, -0.25) is 4.99 Å². The fraction of sp³-hybridized carbons (Fsp3) is 0.471. The molecule has 2 aliphatic heterocycles. The van der Waals surface area contributed by atoms with Gasteiger partial charge in [0.15, 0.2) is 5.96 Å². The molecule has 3 unspecified atom stereocenters. The Morgan fingerprint density at radius 2 is 2.22 bits per heavy atom. The number of nitrogens with one attached hydrogen (secondary N) is 2. The normalized spacial score (nSPS) is 26.3. The fourth-order valence-corrected chi connectivity index (χ4v) is 4.47. The molecule has 3 atom stereocenters. The Balaban J connectivity index is 0.00000156. The Bertz CT molecular complexity index is 702. The highest BCUT2D eigenvalue weighted by molar-refractivity contribution is 14.0. The molecule has 2 aliphatic rings. The van der Waals surface area contributed by atoms with Crippen molar-refractivity contribution < 1.29 is 4.74 Å². The van der Waals surface area contributed by atoms with Crippen LogP contribution in [0.1, 0.15) is 24.8 Å². The first kappa shape index (κ1) is 17.0. The van der Waals surface area contributed by atoms with Crippen LogP contribution >= 0.6 is 35.3 Å². The number of nitrogens with zero attached hydrogens (tertiary/aromatic N) is 1. The number of guanidine groups is 1. The SMILES string of the molecule is CN=C(NCc1csc2ccccc12)NC1CC2CCC1O2.I. The van der Waals surface area contributed by atoms with Crippen molar-refractivity contribution in [3.8, 4) is 0 Å². The fourth-order valence-electron chi connectivity index (χ4n) is 3.51. The van der Waals surface area contributed by atoms with E-state index in [-0.39, 0.29) is 24.0 Å². The molecule has 6 heteroatoms. The zero-order valence-corrected chi connectivity index (χ0v) is 16.3. The third-order valence-corrected chi connectivity index (χ3v) is 5.67. The Hall–Kier alpha value is -0.860. The molecule has 2 saturated heterocycles. The second kappa shape index (κ2) is 7.36. The smallest absolute Gasteiger partial charge is 0.191 e. The standard InChI is InChI=1S/C17H21N3OS.HI/c1-18-17(20-14-8-12-6-7-15(14)21-12)19-9-11-10-22-16-5-3-2-4-13(11)16;/h2-5,10,12,14-15H,6-9H2,1H3,(H2,18,19,20);1H. The lowest BCUT2D eigenvalue weighted by atomic mass is 9.96. The van der Waals surface area contributed by atoms with E-state index in [0.29, 0.717) is 18.2 Å². The van der Waals surface area contributed by atoms with Gasteiger partial charge in [-0.1, -0.05) is 18.2 Å². The number of thiophene rings is 1. The van der Waals surface area contributed by atoms with Gasteiger partial charge in [0.25, 0.3) is 0 Å². The van der Waals surface area contributed by atoms with Gasteiger partial charge in [-0.05, 0) is 41.7 Å². The van der Waals surface area contributed by atoms with E-state index in [1.54, 1.807) is 11.3 Å². The van der Waals surface area contributed by atoms with Crippen LogP contribution in [0.4, 0.5) is 0 Å². The first-order chi connectivity index (χ1) is 10.8. The van der Waals surface area contributed by atoms with Gasteiger partial charge < -0.3 is 15.4 Å². The van der Waals surface area contributed by atoms with Crippen LogP contribution in [-0.4, -0.2) is 31.3 Å². The highest BCUT2D eigenvalue weighted by Crippen LogP contribution is 2.34. The average molecular weight is 443 g/mol. The maximum Gasteiger partial charge on any atom is 0.191 e. The lowest BCUT2D eigenvalue weighted by molar-refractivity contribution is 0.0992. The van der Waals surface area contributed by atoms with Crippen LogP contribution in [0.5, 0.6) is 0 Å². The molecular formula is C17H22IN3OS. The van der Waals surface area contributed by atoms with Gasteiger partial charge in [-0.25, -0.2) is 0 Å². The molecule has 1 aromatic carbocycles. The van der Waals surface area contributed by atoms with E-state index in [4.69, 9.17) is 4.74 Å². The van der Waals surface area contributed by atoms with Gasteiger partial charge in [0, 0.05) is 18.3 Å². The van der Waals surface area contributed by atoms with Crippen molar-refractivity contribution in [2.45, 2.75) is 44.1 Å². The molecule has 4 rings (SSSR count). The number of hydrogen-bond donors (Lipinski definition) is 2. The lowest BCUT2D eigenvalue weighted by Gasteiger charge is -2.22. The predicted molar refractivity (Wildman–Crippen MR) is 107 cm³/mol. The molecular weight excluding hydrogens is 421 g/mol. The number of benzene rings is 1. The third-order valence-electron chi connectivity index (χ3n) is 4.66. The predicted octanol–water partition coefficient (Wildman–Crippen LogP) is 3.50. The minimum atomic E-state index is 0. The van der Waals surface area contributed by atoms with E-state index >= 15 is 0 Å². The summed E-state index contributed by atoms with van der Waals surface area (Å²) in [4.78, 5) is 4.36. The van der Waals surface area contributed by atoms with Gasteiger partial charge in [0.05, 0.1) is 18.2 Å². The van der Waals surface area contributed by atoms with E-state index in [9.17, 15) is 0 Å². The highest BCUT2D eigenvalue weighted by atomic mass is 127. The van der Waals surface area contributed by atoms with Crippen LogP contribution < -0.4 is 10.6 Å². The third kappa shape index (κ3) is 3.49. The number of ether oxygens (including phenoxy) is 1. The van der Waals surface area contributed by atoms with Crippen LogP contribution in [0, 0.1) is 0 Å². The van der Waals surface area contributed by atoms with Crippen molar-refractivity contribution in [1.29, 1.82) is 0 Å². The van der Waals surface area contributed by atoms with Gasteiger partial charge in [0.2, 0.25) is 0 Å². The summed E-state index contributed by atoms with van der Waals surface area (Å²) in [6.07, 6.45) is 4.32. The highest BCUT2D eigenvalue weighted by Gasteiger charge is 2.41. The van der Waals surface area contributed by atoms with E-state index < -0.39 is 0 Å². The average Bonchev–Trinajstić information content (AvgIpc) is 3.26. The largest absolute Gasteiger partial charge is 0.373 e. The van der Waals surface area contributed by atoms with E-state index in [1.165, 1.54) is 28.5 Å². The summed E-state index contributed by atoms with van der Waals surface area (Å²) in [5.41, 5.74) is 1.33. The molecule has 0 radical (unpaired) electrons. The number of rotatable bonds is 3. The Labute approximate surface area is 157 Å². The zero-order valence-electron chi connectivity index (χ0n) is 13.1. The van der Waals surface area contributed by atoms with Crippen molar-refractivity contribution in [1.82, 2.24) is 10.6 Å². The molecule has 2 aromatic rings. The number of hydrogen-bond acceptors (Lipinski definition) is 3. The van der Waals surface area contributed by atoms with Gasteiger partial charge >= 0.3 is 0 Å².